The molecule has 0 bridgehead atoms. The highest BCUT2D eigenvalue weighted by Gasteiger charge is 2.17. The highest BCUT2D eigenvalue weighted by atomic mass is 16.7. The predicted octanol–water partition coefficient (Wildman–Crippen LogP) is -2.54. The van der Waals surface area contributed by atoms with Crippen LogP contribution in [0.3, 0.4) is 0 Å². The molecule has 1 heterocycles. The summed E-state index contributed by atoms with van der Waals surface area (Å²) in [7, 11) is 0. The van der Waals surface area contributed by atoms with Gasteiger partial charge in [0.25, 0.3) is 0 Å². The molecule has 0 atom stereocenters. The molecule has 1 aliphatic heterocycles. The van der Waals surface area contributed by atoms with Crippen molar-refractivity contribution in [1.29, 1.82) is 0 Å². The first kappa shape index (κ1) is 20.7. The molecule has 1 aliphatic rings. The van der Waals surface area contributed by atoms with E-state index >= 15 is 0 Å². The Morgan fingerprint density at radius 1 is 0.750 bits per heavy atom. The minimum absolute atomic E-state index is 0.0664. The zero-order valence-corrected chi connectivity index (χ0v) is 13.9. The lowest BCUT2D eigenvalue weighted by molar-refractivity contribution is -0.209. The number of rotatable bonds is 6. The van der Waals surface area contributed by atoms with Crippen LogP contribution in [0.5, 0.6) is 0 Å². The molecule has 24 heavy (non-hydrogen) atoms. The molecule has 1 rings (SSSR count). The van der Waals surface area contributed by atoms with Crippen molar-refractivity contribution in [2.75, 3.05) is 65.6 Å². The van der Waals surface area contributed by atoms with Crippen molar-refractivity contribution < 1.29 is 29.5 Å². The first-order chi connectivity index (χ1) is 11.7. The van der Waals surface area contributed by atoms with Crippen LogP contribution in [0.15, 0.2) is 0 Å². The third-order valence-corrected chi connectivity index (χ3v) is 3.25. The van der Waals surface area contributed by atoms with Gasteiger partial charge in [0.2, 0.25) is 0 Å². The monoisotopic (exact) mass is 348 g/mol. The molecule has 1 fully saturated rings. The standard InChI is InChI=1S/C14H28N4O6/c19-11-1-13(21)23-17-7-5-15-3-4-16-6-8-18(10-9-17)24-14(22)2-12-20/h15-16,19-20H,1-12H2. The van der Waals surface area contributed by atoms with E-state index in [0.717, 1.165) is 13.1 Å². The first-order valence-electron chi connectivity index (χ1n) is 8.20. The molecule has 140 valence electrons. The van der Waals surface area contributed by atoms with Gasteiger partial charge in [-0.25, -0.2) is 0 Å². The summed E-state index contributed by atoms with van der Waals surface area (Å²) in [6.45, 7) is 3.95. The van der Waals surface area contributed by atoms with E-state index in [1.165, 1.54) is 10.1 Å². The topological polar surface area (TPSA) is 124 Å². The summed E-state index contributed by atoms with van der Waals surface area (Å²) in [4.78, 5) is 33.5. The summed E-state index contributed by atoms with van der Waals surface area (Å²) in [6.07, 6.45) is -0.133. The maximum Gasteiger partial charge on any atom is 0.327 e. The second-order valence-electron chi connectivity index (χ2n) is 5.23. The van der Waals surface area contributed by atoms with E-state index in [2.05, 4.69) is 10.6 Å². The Kier molecular flexibility index (Phi) is 11.3. The minimum Gasteiger partial charge on any atom is -0.396 e. The van der Waals surface area contributed by atoms with Crippen LogP contribution in [-0.2, 0) is 19.3 Å². The zero-order chi connectivity index (χ0) is 17.6. The Hall–Kier alpha value is -1.30. The molecule has 0 aromatic rings. The average Bonchev–Trinajstić information content (AvgIpc) is 2.53. The number of hydrogen-bond donors (Lipinski definition) is 4. The van der Waals surface area contributed by atoms with Gasteiger partial charge in [-0.15, -0.1) is 10.1 Å². The Bertz CT molecular complexity index is 337. The lowest BCUT2D eigenvalue weighted by atomic mass is 10.4. The van der Waals surface area contributed by atoms with E-state index in [9.17, 15) is 9.59 Å². The number of nitrogens with one attached hydrogen (secondary N) is 2. The predicted molar refractivity (Wildman–Crippen MR) is 84.5 cm³/mol. The van der Waals surface area contributed by atoms with Crippen LogP contribution >= 0.6 is 0 Å². The van der Waals surface area contributed by atoms with E-state index in [1.807, 2.05) is 0 Å². The normalized spacial score (nSPS) is 19.1. The maximum absolute atomic E-state index is 11.5. The summed E-state index contributed by atoms with van der Waals surface area (Å²) < 4.78 is 0. The van der Waals surface area contributed by atoms with E-state index in [-0.39, 0.29) is 26.1 Å². The van der Waals surface area contributed by atoms with Gasteiger partial charge >= 0.3 is 11.9 Å². The molecule has 0 spiro atoms. The Labute approximate surface area is 141 Å². The zero-order valence-electron chi connectivity index (χ0n) is 13.9. The fraction of sp³-hybridized carbons (Fsp3) is 0.857. The molecule has 0 saturated carbocycles. The minimum atomic E-state index is -0.505. The van der Waals surface area contributed by atoms with Crippen LogP contribution < -0.4 is 10.6 Å². The van der Waals surface area contributed by atoms with Crippen molar-refractivity contribution in [2.24, 2.45) is 0 Å². The number of nitrogens with zero attached hydrogens (tertiary/aromatic N) is 2. The van der Waals surface area contributed by atoms with Crippen LogP contribution in [0.1, 0.15) is 12.8 Å². The fourth-order valence-electron chi connectivity index (χ4n) is 2.03. The van der Waals surface area contributed by atoms with Crippen LogP contribution in [0, 0.1) is 0 Å². The number of hydrogen-bond acceptors (Lipinski definition) is 10. The van der Waals surface area contributed by atoms with Gasteiger partial charge in [-0.05, 0) is 0 Å². The second kappa shape index (κ2) is 13.0. The molecule has 0 aliphatic carbocycles. The largest absolute Gasteiger partial charge is 0.396 e. The van der Waals surface area contributed by atoms with Gasteiger partial charge in [-0.3, -0.25) is 9.59 Å². The molecule has 10 nitrogen and oxygen atoms in total. The van der Waals surface area contributed by atoms with E-state index < -0.39 is 11.9 Å². The molecule has 4 N–H and O–H groups in total. The first-order valence-corrected chi connectivity index (χ1v) is 8.20. The summed E-state index contributed by atoms with van der Waals surface area (Å²) in [5, 5.41) is 27.0. The SMILES string of the molecule is O=C(CCO)ON1CCNCCNCCN(OC(=O)CCO)CC1. The summed E-state index contributed by atoms with van der Waals surface area (Å²) in [6, 6.07) is 0. The Balaban J connectivity index is 2.56. The average molecular weight is 348 g/mol. The highest BCUT2D eigenvalue weighted by Crippen LogP contribution is 1.99. The lowest BCUT2D eigenvalue weighted by Gasteiger charge is -2.26. The summed E-state index contributed by atoms with van der Waals surface area (Å²) in [5.41, 5.74) is 0. The second-order valence-corrected chi connectivity index (χ2v) is 5.23. The molecule has 0 amide bonds. The number of carbonyl (C=O) groups is 2. The summed E-state index contributed by atoms with van der Waals surface area (Å²) in [5.74, 6) is -1.01. The number of aliphatic hydroxyl groups excluding tert-OH is 2. The van der Waals surface area contributed by atoms with Gasteiger partial charge in [0.15, 0.2) is 0 Å². The maximum atomic E-state index is 11.5. The molecule has 0 aromatic carbocycles. The molecule has 0 radical (unpaired) electrons. The van der Waals surface area contributed by atoms with Gasteiger partial charge in [0.05, 0.1) is 39.1 Å². The van der Waals surface area contributed by atoms with Gasteiger partial charge in [-0.1, -0.05) is 0 Å². The van der Waals surface area contributed by atoms with Crippen molar-refractivity contribution in [2.45, 2.75) is 12.8 Å². The van der Waals surface area contributed by atoms with Gasteiger partial charge in [0.1, 0.15) is 0 Å². The van der Waals surface area contributed by atoms with Crippen molar-refractivity contribution >= 4 is 11.9 Å². The van der Waals surface area contributed by atoms with Crippen molar-refractivity contribution in [3.05, 3.63) is 0 Å². The van der Waals surface area contributed by atoms with E-state index in [4.69, 9.17) is 19.9 Å². The molecular weight excluding hydrogens is 320 g/mol. The fourth-order valence-corrected chi connectivity index (χ4v) is 2.03. The third kappa shape index (κ3) is 9.75. The third-order valence-electron chi connectivity index (χ3n) is 3.25. The van der Waals surface area contributed by atoms with Crippen LogP contribution in [0.25, 0.3) is 0 Å². The van der Waals surface area contributed by atoms with Gasteiger partial charge in [-0.2, -0.15) is 0 Å². The molecule has 0 unspecified atom stereocenters. The Morgan fingerprint density at radius 2 is 1.17 bits per heavy atom. The number of aliphatic hydroxyl groups is 2. The van der Waals surface area contributed by atoms with Crippen molar-refractivity contribution in [3.63, 3.8) is 0 Å². The van der Waals surface area contributed by atoms with Crippen LogP contribution in [0.2, 0.25) is 0 Å². The highest BCUT2D eigenvalue weighted by molar-refractivity contribution is 5.69. The quantitative estimate of drug-likeness (QED) is 0.408. The van der Waals surface area contributed by atoms with Gasteiger partial charge in [0, 0.05) is 39.3 Å². The Morgan fingerprint density at radius 3 is 1.54 bits per heavy atom. The lowest BCUT2D eigenvalue weighted by Crippen LogP contribution is -2.44. The summed E-state index contributed by atoms with van der Waals surface area (Å²) >= 11 is 0. The molecule has 10 heteroatoms. The van der Waals surface area contributed by atoms with Crippen molar-refractivity contribution in [3.8, 4) is 0 Å². The van der Waals surface area contributed by atoms with Gasteiger partial charge < -0.3 is 30.5 Å². The molecule has 0 aromatic heterocycles. The smallest absolute Gasteiger partial charge is 0.327 e. The van der Waals surface area contributed by atoms with Crippen LogP contribution in [0.4, 0.5) is 0 Å². The number of hydroxylamine groups is 4. The van der Waals surface area contributed by atoms with E-state index in [0.29, 0.717) is 39.3 Å². The van der Waals surface area contributed by atoms with Crippen molar-refractivity contribution in [1.82, 2.24) is 20.8 Å². The number of carbonyl (C=O) groups excluding carboxylic acids is 2. The van der Waals surface area contributed by atoms with Crippen LogP contribution in [-0.4, -0.2) is 97.8 Å². The molecular formula is C14H28N4O6. The molecule has 1 saturated heterocycles. The van der Waals surface area contributed by atoms with E-state index in [1.54, 1.807) is 0 Å².